The molecule has 186 valence electrons. The number of carbonyl (C=O) groups is 2. The first kappa shape index (κ1) is 24.3. The summed E-state index contributed by atoms with van der Waals surface area (Å²) < 4.78 is 11.8. The van der Waals surface area contributed by atoms with Crippen LogP contribution in [0.15, 0.2) is 85.0 Å². The maximum absolute atomic E-state index is 13.5. The molecule has 37 heavy (non-hydrogen) atoms. The van der Waals surface area contributed by atoms with Gasteiger partial charge in [0.05, 0.1) is 28.9 Å². The van der Waals surface area contributed by atoms with Crippen molar-refractivity contribution in [2.45, 2.75) is 13.0 Å². The lowest BCUT2D eigenvalue weighted by molar-refractivity contribution is -0.132. The first-order valence-electron chi connectivity index (χ1n) is 11.6. The van der Waals surface area contributed by atoms with Crippen LogP contribution in [-0.2, 0) is 9.59 Å². The van der Waals surface area contributed by atoms with E-state index in [4.69, 9.17) is 9.47 Å². The molecule has 2 heterocycles. The number of methoxy groups -OCH3 is 1. The number of aliphatic hydroxyl groups excluding tert-OH is 1. The van der Waals surface area contributed by atoms with Crippen LogP contribution in [0.1, 0.15) is 22.7 Å². The number of anilines is 1. The van der Waals surface area contributed by atoms with Gasteiger partial charge in [-0.15, -0.1) is 0 Å². The summed E-state index contributed by atoms with van der Waals surface area (Å²) in [5.74, 6) is -0.578. The monoisotopic (exact) mass is 512 g/mol. The predicted molar refractivity (Wildman–Crippen MR) is 144 cm³/mol. The van der Waals surface area contributed by atoms with Crippen molar-refractivity contribution >= 4 is 44.1 Å². The lowest BCUT2D eigenvalue weighted by Gasteiger charge is -2.23. The summed E-state index contributed by atoms with van der Waals surface area (Å²) in [6, 6.07) is 18.8. The number of carbonyl (C=O) groups excluding carboxylic acids is 2. The highest BCUT2D eigenvalue weighted by molar-refractivity contribution is 7.22. The Morgan fingerprint density at radius 1 is 1.11 bits per heavy atom. The number of rotatable bonds is 7. The van der Waals surface area contributed by atoms with Gasteiger partial charge in [-0.05, 0) is 42.8 Å². The van der Waals surface area contributed by atoms with Gasteiger partial charge < -0.3 is 14.6 Å². The summed E-state index contributed by atoms with van der Waals surface area (Å²) in [5.41, 5.74) is 2.72. The fourth-order valence-electron chi connectivity index (χ4n) is 4.26. The van der Waals surface area contributed by atoms with Gasteiger partial charge in [-0.3, -0.25) is 14.5 Å². The fourth-order valence-corrected chi connectivity index (χ4v) is 5.29. The van der Waals surface area contributed by atoms with E-state index in [0.717, 1.165) is 10.3 Å². The summed E-state index contributed by atoms with van der Waals surface area (Å²) in [5, 5.41) is 11.7. The average Bonchev–Trinajstić information content (AvgIpc) is 3.45. The Hall–Kier alpha value is -4.43. The zero-order valence-corrected chi connectivity index (χ0v) is 21.1. The lowest BCUT2D eigenvalue weighted by atomic mass is 9.95. The minimum atomic E-state index is -0.906. The van der Waals surface area contributed by atoms with E-state index >= 15 is 0 Å². The average molecular weight is 513 g/mol. The third kappa shape index (κ3) is 4.47. The van der Waals surface area contributed by atoms with Crippen LogP contribution in [0.2, 0.25) is 0 Å². The molecule has 1 aliphatic rings. The molecule has 7 nitrogen and oxygen atoms in total. The molecule has 1 unspecified atom stereocenters. The van der Waals surface area contributed by atoms with Crippen LogP contribution in [0, 0.1) is 6.92 Å². The summed E-state index contributed by atoms with van der Waals surface area (Å²) in [4.78, 5) is 32.9. The largest absolute Gasteiger partial charge is 0.507 e. The second-order valence-corrected chi connectivity index (χ2v) is 9.55. The van der Waals surface area contributed by atoms with Crippen LogP contribution in [0.4, 0.5) is 5.13 Å². The number of nitrogens with zero attached hydrogens (tertiary/aromatic N) is 2. The van der Waals surface area contributed by atoms with Crippen molar-refractivity contribution in [3.05, 3.63) is 102 Å². The maximum atomic E-state index is 13.5. The molecule has 0 radical (unpaired) electrons. The molecule has 5 rings (SSSR count). The molecular formula is C29H24N2O5S. The lowest BCUT2D eigenvalue weighted by Crippen LogP contribution is -2.29. The quantitative estimate of drug-likeness (QED) is 0.146. The smallest absolute Gasteiger partial charge is 0.301 e. The number of ether oxygens (including phenoxy) is 2. The third-order valence-corrected chi connectivity index (χ3v) is 7.12. The Balaban J connectivity index is 1.70. The Kier molecular flexibility index (Phi) is 6.50. The Labute approximate surface area is 217 Å². The van der Waals surface area contributed by atoms with E-state index in [1.807, 2.05) is 25.1 Å². The Bertz CT molecular complexity index is 1550. The third-order valence-electron chi connectivity index (χ3n) is 6.10. The molecule has 1 N–H and O–H groups in total. The topological polar surface area (TPSA) is 89.0 Å². The number of amides is 1. The van der Waals surface area contributed by atoms with Gasteiger partial charge in [0.15, 0.2) is 5.13 Å². The molecule has 4 aromatic rings. The van der Waals surface area contributed by atoms with Crippen LogP contribution in [0.3, 0.4) is 0 Å². The molecular weight excluding hydrogens is 488 g/mol. The van der Waals surface area contributed by atoms with E-state index in [2.05, 4.69) is 11.6 Å². The van der Waals surface area contributed by atoms with E-state index in [-0.39, 0.29) is 11.3 Å². The van der Waals surface area contributed by atoms with Crippen molar-refractivity contribution in [3.63, 3.8) is 0 Å². The predicted octanol–water partition coefficient (Wildman–Crippen LogP) is 5.80. The summed E-state index contributed by atoms with van der Waals surface area (Å²) in [6.45, 7) is 5.90. The Morgan fingerprint density at radius 3 is 2.62 bits per heavy atom. The minimum Gasteiger partial charge on any atom is -0.507 e. The number of benzene rings is 3. The normalized spacial score (nSPS) is 16.8. The van der Waals surface area contributed by atoms with Crippen molar-refractivity contribution < 1.29 is 24.2 Å². The highest BCUT2D eigenvalue weighted by Crippen LogP contribution is 2.45. The molecule has 0 saturated carbocycles. The standard InChI is InChI=1S/C29H24N2O5S/c1-4-14-36-21-7-5-6-19(15-21)25-24(26(32)18-10-8-17(2)9-11-18)27(33)28(34)31(25)29-30-22-13-12-20(35-3)16-23(22)37-29/h4-13,15-16,25,32H,1,14H2,2-3H3/b26-24+. The van der Waals surface area contributed by atoms with Gasteiger partial charge in [0.2, 0.25) is 0 Å². The van der Waals surface area contributed by atoms with E-state index in [1.54, 1.807) is 61.7 Å². The van der Waals surface area contributed by atoms with E-state index in [1.165, 1.54) is 16.2 Å². The molecule has 8 heteroatoms. The number of aliphatic hydroxyl groups is 1. The molecule has 0 bridgehead atoms. The zero-order chi connectivity index (χ0) is 26.1. The first-order valence-corrected chi connectivity index (χ1v) is 12.4. The molecule has 1 saturated heterocycles. The molecule has 1 aliphatic heterocycles. The molecule has 3 aromatic carbocycles. The van der Waals surface area contributed by atoms with Gasteiger partial charge in [-0.2, -0.15) is 0 Å². The van der Waals surface area contributed by atoms with Gasteiger partial charge >= 0.3 is 5.91 Å². The highest BCUT2D eigenvalue weighted by Gasteiger charge is 2.48. The number of aryl methyl sites for hydroxylation is 1. The van der Waals surface area contributed by atoms with Gasteiger partial charge in [0.25, 0.3) is 5.78 Å². The van der Waals surface area contributed by atoms with E-state index in [9.17, 15) is 14.7 Å². The van der Waals surface area contributed by atoms with Crippen LogP contribution in [-0.4, -0.2) is 35.5 Å². The SMILES string of the molecule is C=CCOc1cccc(C2/C(=C(\O)c3ccc(C)cc3)C(=O)C(=O)N2c2nc3ccc(OC)cc3s2)c1. The molecule has 1 aromatic heterocycles. The van der Waals surface area contributed by atoms with Crippen LogP contribution < -0.4 is 14.4 Å². The van der Waals surface area contributed by atoms with E-state index < -0.39 is 17.7 Å². The van der Waals surface area contributed by atoms with Crippen molar-refractivity contribution in [2.24, 2.45) is 0 Å². The number of hydrogen-bond donors (Lipinski definition) is 1. The molecule has 1 fully saturated rings. The summed E-state index contributed by atoms with van der Waals surface area (Å²) >= 11 is 1.27. The minimum absolute atomic E-state index is 0.00781. The second-order valence-electron chi connectivity index (χ2n) is 8.54. The van der Waals surface area contributed by atoms with Crippen molar-refractivity contribution in [2.75, 3.05) is 18.6 Å². The zero-order valence-electron chi connectivity index (χ0n) is 20.3. The highest BCUT2D eigenvalue weighted by atomic mass is 32.1. The van der Waals surface area contributed by atoms with Gasteiger partial charge in [-0.1, -0.05) is 66.0 Å². The van der Waals surface area contributed by atoms with Gasteiger partial charge in [0, 0.05) is 5.56 Å². The summed E-state index contributed by atoms with van der Waals surface area (Å²) in [6.07, 6.45) is 1.63. The first-order chi connectivity index (χ1) is 17.9. The number of Topliss-reactive ketones (excluding diaryl/α,β-unsaturated/α-hetero) is 1. The van der Waals surface area contributed by atoms with Crippen molar-refractivity contribution in [3.8, 4) is 11.5 Å². The maximum Gasteiger partial charge on any atom is 0.301 e. The summed E-state index contributed by atoms with van der Waals surface area (Å²) in [7, 11) is 1.58. The van der Waals surface area contributed by atoms with Gasteiger partial charge in [-0.25, -0.2) is 4.98 Å². The van der Waals surface area contributed by atoms with Crippen LogP contribution in [0.5, 0.6) is 11.5 Å². The fraction of sp³-hybridized carbons (Fsp3) is 0.138. The number of fused-ring (bicyclic) bond motifs is 1. The molecule has 0 spiro atoms. The number of aromatic nitrogens is 1. The van der Waals surface area contributed by atoms with Gasteiger partial charge in [0.1, 0.15) is 23.9 Å². The van der Waals surface area contributed by atoms with Crippen molar-refractivity contribution in [1.82, 2.24) is 4.98 Å². The van der Waals surface area contributed by atoms with E-state index in [0.29, 0.717) is 39.9 Å². The number of ketones is 1. The van der Waals surface area contributed by atoms with Crippen molar-refractivity contribution in [1.29, 1.82) is 0 Å². The van der Waals surface area contributed by atoms with Crippen LogP contribution in [0.25, 0.3) is 16.0 Å². The number of thiazole rings is 1. The second kappa shape index (κ2) is 9.91. The molecule has 0 aliphatic carbocycles. The molecule has 1 amide bonds. The number of hydrogen-bond acceptors (Lipinski definition) is 7. The van der Waals surface area contributed by atoms with Crippen LogP contribution >= 0.6 is 11.3 Å². The Morgan fingerprint density at radius 2 is 1.89 bits per heavy atom. The molecule has 1 atom stereocenters.